The van der Waals surface area contributed by atoms with E-state index < -0.39 is 11.6 Å². The van der Waals surface area contributed by atoms with E-state index in [1.807, 2.05) is 0 Å². The van der Waals surface area contributed by atoms with Gasteiger partial charge in [-0.2, -0.15) is 4.39 Å². The van der Waals surface area contributed by atoms with E-state index in [1.54, 1.807) is 0 Å². The second-order valence-electron chi connectivity index (χ2n) is 6.43. The second-order valence-corrected chi connectivity index (χ2v) is 6.43. The van der Waals surface area contributed by atoms with E-state index in [0.29, 0.717) is 5.92 Å². The SMILES string of the molecule is CC1CC(Oc2c(N)ccc(F)c2F)CC(C)(C)C1. The highest BCUT2D eigenvalue weighted by Crippen LogP contribution is 2.41. The van der Waals surface area contributed by atoms with Crippen LogP contribution in [0.1, 0.15) is 40.0 Å². The van der Waals surface area contributed by atoms with Crippen molar-refractivity contribution in [1.29, 1.82) is 0 Å². The highest BCUT2D eigenvalue weighted by Gasteiger charge is 2.34. The van der Waals surface area contributed by atoms with Crippen LogP contribution in [0.2, 0.25) is 0 Å². The first-order valence-corrected chi connectivity index (χ1v) is 6.68. The molecular formula is C15H21F2NO. The predicted octanol–water partition coefficient (Wildman–Crippen LogP) is 4.14. The van der Waals surface area contributed by atoms with E-state index in [2.05, 4.69) is 20.8 Å². The average Bonchev–Trinajstić information content (AvgIpc) is 2.27. The summed E-state index contributed by atoms with van der Waals surface area (Å²) < 4.78 is 32.6. The summed E-state index contributed by atoms with van der Waals surface area (Å²) in [5.41, 5.74) is 5.98. The largest absolute Gasteiger partial charge is 0.485 e. The van der Waals surface area contributed by atoms with Gasteiger partial charge in [-0.1, -0.05) is 20.8 Å². The van der Waals surface area contributed by atoms with Crippen molar-refractivity contribution in [1.82, 2.24) is 0 Å². The maximum Gasteiger partial charge on any atom is 0.202 e. The monoisotopic (exact) mass is 269 g/mol. The molecule has 1 aliphatic rings. The Hall–Kier alpha value is -1.32. The summed E-state index contributed by atoms with van der Waals surface area (Å²) in [7, 11) is 0. The molecule has 1 aromatic rings. The van der Waals surface area contributed by atoms with Crippen molar-refractivity contribution >= 4 is 5.69 Å². The highest BCUT2D eigenvalue weighted by atomic mass is 19.2. The summed E-state index contributed by atoms with van der Waals surface area (Å²) in [5, 5.41) is 0. The van der Waals surface area contributed by atoms with Crippen molar-refractivity contribution in [3.63, 3.8) is 0 Å². The first-order chi connectivity index (χ1) is 8.78. The third-order valence-electron chi connectivity index (χ3n) is 3.71. The molecule has 0 heterocycles. The summed E-state index contributed by atoms with van der Waals surface area (Å²) in [4.78, 5) is 0. The summed E-state index contributed by atoms with van der Waals surface area (Å²) in [6.07, 6.45) is 2.68. The Morgan fingerprint density at radius 2 is 1.95 bits per heavy atom. The lowest BCUT2D eigenvalue weighted by molar-refractivity contribution is 0.0537. The number of rotatable bonds is 2. The number of nitrogens with two attached hydrogens (primary N) is 1. The van der Waals surface area contributed by atoms with Crippen molar-refractivity contribution in [2.24, 2.45) is 11.3 Å². The number of benzene rings is 1. The standard InChI is InChI=1S/C15H21F2NO/c1-9-6-10(8-15(2,3)7-9)19-14-12(18)5-4-11(16)13(14)17/h4-5,9-10H,6-8,18H2,1-3H3. The van der Waals surface area contributed by atoms with Crippen molar-refractivity contribution in [3.05, 3.63) is 23.8 Å². The summed E-state index contributed by atoms with van der Waals surface area (Å²) >= 11 is 0. The van der Waals surface area contributed by atoms with E-state index in [0.717, 1.165) is 25.3 Å². The molecule has 1 aliphatic carbocycles. The number of hydrogen-bond acceptors (Lipinski definition) is 2. The van der Waals surface area contributed by atoms with E-state index in [1.165, 1.54) is 6.07 Å². The van der Waals surface area contributed by atoms with E-state index in [-0.39, 0.29) is 23.0 Å². The molecule has 106 valence electrons. The Kier molecular flexibility index (Phi) is 3.70. The molecule has 2 nitrogen and oxygen atoms in total. The minimum Gasteiger partial charge on any atom is -0.485 e. The molecule has 1 fully saturated rings. The molecule has 0 amide bonds. The van der Waals surface area contributed by atoms with Crippen LogP contribution in [0.15, 0.2) is 12.1 Å². The fraction of sp³-hybridized carbons (Fsp3) is 0.600. The maximum absolute atomic E-state index is 13.7. The van der Waals surface area contributed by atoms with Crippen LogP contribution < -0.4 is 10.5 Å². The van der Waals surface area contributed by atoms with Gasteiger partial charge in [0.2, 0.25) is 5.82 Å². The Morgan fingerprint density at radius 3 is 2.58 bits per heavy atom. The first-order valence-electron chi connectivity index (χ1n) is 6.68. The average molecular weight is 269 g/mol. The van der Waals surface area contributed by atoms with Gasteiger partial charge in [0.25, 0.3) is 0 Å². The quantitative estimate of drug-likeness (QED) is 0.819. The van der Waals surface area contributed by atoms with Crippen molar-refractivity contribution in [3.8, 4) is 5.75 Å². The lowest BCUT2D eigenvalue weighted by Gasteiger charge is -2.39. The van der Waals surface area contributed by atoms with Crippen LogP contribution in [0.5, 0.6) is 5.75 Å². The minimum atomic E-state index is -0.990. The minimum absolute atomic E-state index is 0.114. The summed E-state index contributed by atoms with van der Waals surface area (Å²) in [6, 6.07) is 2.36. The van der Waals surface area contributed by atoms with Gasteiger partial charge in [0.15, 0.2) is 11.6 Å². The molecule has 1 aromatic carbocycles. The highest BCUT2D eigenvalue weighted by molar-refractivity contribution is 5.53. The predicted molar refractivity (Wildman–Crippen MR) is 72.0 cm³/mol. The Balaban J connectivity index is 2.19. The number of hydrogen-bond donors (Lipinski definition) is 1. The van der Waals surface area contributed by atoms with Crippen molar-refractivity contribution < 1.29 is 13.5 Å². The molecule has 4 heteroatoms. The Morgan fingerprint density at radius 1 is 1.26 bits per heavy atom. The Bertz CT molecular complexity index is 473. The van der Waals surface area contributed by atoms with Crippen LogP contribution in [0.25, 0.3) is 0 Å². The number of nitrogen functional groups attached to an aromatic ring is 1. The Labute approximate surface area is 112 Å². The lowest BCUT2D eigenvalue weighted by atomic mass is 9.71. The molecule has 2 atom stereocenters. The van der Waals surface area contributed by atoms with Gasteiger partial charge in [-0.05, 0) is 42.7 Å². The smallest absolute Gasteiger partial charge is 0.202 e. The maximum atomic E-state index is 13.7. The molecule has 0 saturated heterocycles. The molecule has 2 unspecified atom stereocenters. The molecule has 0 radical (unpaired) electrons. The van der Waals surface area contributed by atoms with Crippen LogP contribution in [0.4, 0.5) is 14.5 Å². The third kappa shape index (κ3) is 3.17. The van der Waals surface area contributed by atoms with Gasteiger partial charge in [0, 0.05) is 0 Å². The van der Waals surface area contributed by atoms with Crippen molar-refractivity contribution in [2.45, 2.75) is 46.1 Å². The lowest BCUT2D eigenvalue weighted by Crippen LogP contribution is -2.34. The number of halogens is 2. The molecular weight excluding hydrogens is 248 g/mol. The molecule has 2 rings (SSSR count). The van der Waals surface area contributed by atoms with Gasteiger partial charge in [-0.3, -0.25) is 0 Å². The molecule has 0 bridgehead atoms. The molecule has 2 N–H and O–H groups in total. The van der Waals surface area contributed by atoms with E-state index >= 15 is 0 Å². The van der Waals surface area contributed by atoms with E-state index in [4.69, 9.17) is 10.5 Å². The molecule has 0 aromatic heterocycles. The van der Waals surface area contributed by atoms with Gasteiger partial charge < -0.3 is 10.5 Å². The van der Waals surface area contributed by atoms with Crippen LogP contribution in [0.3, 0.4) is 0 Å². The zero-order valence-electron chi connectivity index (χ0n) is 11.7. The zero-order chi connectivity index (χ0) is 14.2. The molecule has 1 saturated carbocycles. The van der Waals surface area contributed by atoms with Crippen LogP contribution in [-0.4, -0.2) is 6.10 Å². The van der Waals surface area contributed by atoms with Gasteiger partial charge in [-0.25, -0.2) is 4.39 Å². The topological polar surface area (TPSA) is 35.2 Å². The van der Waals surface area contributed by atoms with Gasteiger partial charge in [0.1, 0.15) is 0 Å². The molecule has 0 aliphatic heterocycles. The second kappa shape index (κ2) is 4.99. The molecule has 0 spiro atoms. The van der Waals surface area contributed by atoms with Gasteiger partial charge in [-0.15, -0.1) is 0 Å². The fourth-order valence-electron chi connectivity index (χ4n) is 3.18. The van der Waals surface area contributed by atoms with Crippen molar-refractivity contribution in [2.75, 3.05) is 5.73 Å². The van der Waals surface area contributed by atoms with Crippen LogP contribution in [0, 0.1) is 23.0 Å². The summed E-state index contributed by atoms with van der Waals surface area (Å²) in [6.45, 7) is 6.50. The zero-order valence-corrected chi connectivity index (χ0v) is 11.7. The van der Waals surface area contributed by atoms with Gasteiger partial charge in [0.05, 0.1) is 11.8 Å². The normalized spacial score (nSPS) is 26.2. The summed E-state index contributed by atoms with van der Waals surface area (Å²) in [5.74, 6) is -1.55. The third-order valence-corrected chi connectivity index (χ3v) is 3.71. The fourth-order valence-corrected chi connectivity index (χ4v) is 3.18. The van der Waals surface area contributed by atoms with Crippen LogP contribution >= 0.6 is 0 Å². The number of ether oxygens (including phenoxy) is 1. The van der Waals surface area contributed by atoms with Crippen LogP contribution in [-0.2, 0) is 0 Å². The number of anilines is 1. The molecule has 19 heavy (non-hydrogen) atoms. The first kappa shape index (κ1) is 14.1. The van der Waals surface area contributed by atoms with E-state index in [9.17, 15) is 8.78 Å². The van der Waals surface area contributed by atoms with Gasteiger partial charge >= 0.3 is 0 Å².